The van der Waals surface area contributed by atoms with Crippen LogP contribution in [0, 0.1) is 0 Å². The fourth-order valence-corrected chi connectivity index (χ4v) is 2.12. The topological polar surface area (TPSA) is 108 Å². The predicted octanol–water partition coefficient (Wildman–Crippen LogP) is 2.08. The number of nitrogens with zero attached hydrogens (tertiary/aromatic N) is 2. The van der Waals surface area contributed by atoms with Gasteiger partial charge in [-0.15, -0.1) is 0 Å². The Morgan fingerprint density at radius 2 is 1.90 bits per heavy atom. The largest absolute Gasteiger partial charge is 0.463 e. The minimum atomic E-state index is -0.588. The van der Waals surface area contributed by atoms with Gasteiger partial charge in [0.2, 0.25) is 5.95 Å². The molecule has 4 N–H and O–H groups in total. The van der Waals surface area contributed by atoms with Crippen LogP contribution in [-0.2, 0) is 0 Å². The highest BCUT2D eigenvalue weighted by Crippen LogP contribution is 2.33. The van der Waals surface area contributed by atoms with Crippen molar-refractivity contribution in [3.8, 4) is 22.6 Å². The Kier molecular flexibility index (Phi) is 3.12. The number of hydrogen-bond donors (Lipinski definition) is 2. The van der Waals surface area contributed by atoms with Crippen molar-refractivity contribution in [2.45, 2.75) is 0 Å². The number of rotatable bonds is 3. The smallest absolute Gasteiger partial charge is 0.253 e. The Bertz CT molecular complexity index is 796. The first kappa shape index (κ1) is 12.9. The molecule has 0 fully saturated rings. The van der Waals surface area contributed by atoms with Gasteiger partial charge in [-0.3, -0.25) is 4.79 Å². The molecule has 0 spiro atoms. The van der Waals surface area contributed by atoms with Gasteiger partial charge in [0.05, 0.1) is 16.8 Å². The number of primary amides is 1. The van der Waals surface area contributed by atoms with Crippen LogP contribution in [0.15, 0.2) is 53.3 Å². The lowest BCUT2D eigenvalue weighted by molar-refractivity contribution is 0.100. The molecule has 0 bridgehead atoms. The second kappa shape index (κ2) is 5.09. The lowest BCUT2D eigenvalue weighted by Gasteiger charge is -2.02. The van der Waals surface area contributed by atoms with Crippen LogP contribution in [0.2, 0.25) is 0 Å². The average Bonchev–Trinajstić information content (AvgIpc) is 2.93. The third-order valence-electron chi connectivity index (χ3n) is 3.02. The highest BCUT2D eigenvalue weighted by atomic mass is 16.3. The SMILES string of the molecule is NC(=O)c1c(-c2ccnc(N)n2)coc1-c1ccccc1. The summed E-state index contributed by atoms with van der Waals surface area (Å²) in [7, 11) is 0. The lowest BCUT2D eigenvalue weighted by atomic mass is 10.0. The Morgan fingerprint density at radius 1 is 1.14 bits per heavy atom. The molecule has 0 unspecified atom stereocenters. The predicted molar refractivity (Wildman–Crippen MR) is 78.1 cm³/mol. The average molecular weight is 280 g/mol. The van der Waals surface area contributed by atoms with E-state index in [9.17, 15) is 4.79 Å². The first-order chi connectivity index (χ1) is 10.2. The number of furan rings is 1. The van der Waals surface area contributed by atoms with Gasteiger partial charge < -0.3 is 15.9 Å². The van der Waals surface area contributed by atoms with Crippen LogP contribution in [0.5, 0.6) is 0 Å². The van der Waals surface area contributed by atoms with Crippen LogP contribution >= 0.6 is 0 Å². The monoisotopic (exact) mass is 280 g/mol. The molecule has 6 nitrogen and oxygen atoms in total. The van der Waals surface area contributed by atoms with Crippen molar-refractivity contribution in [3.63, 3.8) is 0 Å². The Balaban J connectivity index is 2.20. The lowest BCUT2D eigenvalue weighted by Crippen LogP contribution is -2.12. The Hall–Kier alpha value is -3.15. The summed E-state index contributed by atoms with van der Waals surface area (Å²) in [4.78, 5) is 19.7. The zero-order chi connectivity index (χ0) is 14.8. The van der Waals surface area contributed by atoms with Crippen molar-refractivity contribution in [2.24, 2.45) is 5.73 Å². The van der Waals surface area contributed by atoms with Crippen LogP contribution in [0.1, 0.15) is 10.4 Å². The number of aromatic nitrogens is 2. The van der Waals surface area contributed by atoms with Crippen LogP contribution < -0.4 is 11.5 Å². The molecule has 6 heteroatoms. The zero-order valence-electron chi connectivity index (χ0n) is 11.0. The summed E-state index contributed by atoms with van der Waals surface area (Å²) >= 11 is 0. The molecule has 0 aliphatic rings. The van der Waals surface area contributed by atoms with Crippen LogP contribution in [0.3, 0.4) is 0 Å². The van der Waals surface area contributed by atoms with E-state index in [-0.39, 0.29) is 11.5 Å². The normalized spacial score (nSPS) is 10.5. The van der Waals surface area contributed by atoms with Gasteiger partial charge in [-0.1, -0.05) is 30.3 Å². The van der Waals surface area contributed by atoms with Crippen LogP contribution in [0.4, 0.5) is 5.95 Å². The molecular weight excluding hydrogens is 268 g/mol. The highest BCUT2D eigenvalue weighted by molar-refractivity contribution is 6.04. The van der Waals surface area contributed by atoms with Crippen molar-refractivity contribution in [1.29, 1.82) is 0 Å². The van der Waals surface area contributed by atoms with Crippen LogP contribution in [-0.4, -0.2) is 15.9 Å². The number of carbonyl (C=O) groups excluding carboxylic acids is 1. The van der Waals surface area contributed by atoms with E-state index in [0.717, 1.165) is 5.56 Å². The minimum absolute atomic E-state index is 0.116. The number of nitrogens with two attached hydrogens (primary N) is 2. The Labute approximate surface area is 120 Å². The minimum Gasteiger partial charge on any atom is -0.463 e. The van der Waals surface area contributed by atoms with Gasteiger partial charge in [0.25, 0.3) is 5.91 Å². The second-order valence-corrected chi connectivity index (χ2v) is 4.38. The molecule has 3 aromatic rings. The molecule has 2 aromatic heterocycles. The van der Waals surface area contributed by atoms with Gasteiger partial charge in [-0.05, 0) is 6.07 Å². The highest BCUT2D eigenvalue weighted by Gasteiger charge is 2.21. The summed E-state index contributed by atoms with van der Waals surface area (Å²) < 4.78 is 5.54. The number of amides is 1. The molecule has 2 heterocycles. The molecule has 0 atom stereocenters. The number of anilines is 1. The summed E-state index contributed by atoms with van der Waals surface area (Å²) in [6, 6.07) is 10.9. The summed E-state index contributed by atoms with van der Waals surface area (Å²) in [5.41, 5.74) is 13.1. The first-order valence-corrected chi connectivity index (χ1v) is 6.22. The Morgan fingerprint density at radius 3 is 2.57 bits per heavy atom. The van der Waals surface area contributed by atoms with E-state index in [1.165, 1.54) is 12.5 Å². The first-order valence-electron chi connectivity index (χ1n) is 6.22. The van der Waals surface area contributed by atoms with E-state index in [0.29, 0.717) is 17.0 Å². The third-order valence-corrected chi connectivity index (χ3v) is 3.02. The fraction of sp³-hybridized carbons (Fsp3) is 0. The van der Waals surface area contributed by atoms with E-state index in [1.807, 2.05) is 30.3 Å². The summed E-state index contributed by atoms with van der Waals surface area (Å²) in [6.07, 6.45) is 2.96. The van der Waals surface area contributed by atoms with Crippen molar-refractivity contribution in [3.05, 3.63) is 54.4 Å². The molecule has 0 radical (unpaired) electrons. The molecule has 104 valence electrons. The van der Waals surface area contributed by atoms with E-state index in [1.54, 1.807) is 6.07 Å². The molecule has 1 amide bonds. The van der Waals surface area contributed by atoms with Crippen molar-refractivity contribution >= 4 is 11.9 Å². The van der Waals surface area contributed by atoms with Gasteiger partial charge in [0.15, 0.2) is 0 Å². The maximum absolute atomic E-state index is 11.8. The maximum atomic E-state index is 11.8. The third kappa shape index (κ3) is 2.34. The summed E-state index contributed by atoms with van der Waals surface area (Å²) in [5, 5.41) is 0. The maximum Gasteiger partial charge on any atom is 0.253 e. The second-order valence-electron chi connectivity index (χ2n) is 4.38. The molecule has 1 aromatic carbocycles. The van der Waals surface area contributed by atoms with E-state index in [4.69, 9.17) is 15.9 Å². The molecule has 0 aliphatic carbocycles. The molecule has 3 rings (SSSR count). The zero-order valence-corrected chi connectivity index (χ0v) is 11.0. The van der Waals surface area contributed by atoms with Crippen molar-refractivity contribution in [1.82, 2.24) is 9.97 Å². The van der Waals surface area contributed by atoms with Crippen LogP contribution in [0.25, 0.3) is 22.6 Å². The number of hydrogen-bond acceptors (Lipinski definition) is 5. The molecule has 21 heavy (non-hydrogen) atoms. The van der Waals surface area contributed by atoms with Crippen molar-refractivity contribution < 1.29 is 9.21 Å². The van der Waals surface area contributed by atoms with Gasteiger partial charge in [0.1, 0.15) is 12.0 Å². The summed E-state index contributed by atoms with van der Waals surface area (Å²) in [6.45, 7) is 0. The van der Waals surface area contributed by atoms with E-state index in [2.05, 4.69) is 9.97 Å². The standard InChI is InChI=1S/C15H12N4O2/c16-14(20)12-10(11-6-7-18-15(17)19-11)8-21-13(12)9-4-2-1-3-5-9/h1-8H,(H2,16,20)(H2,17,18,19). The fourth-order valence-electron chi connectivity index (χ4n) is 2.12. The number of nitrogen functional groups attached to an aromatic ring is 1. The van der Waals surface area contributed by atoms with E-state index < -0.39 is 5.91 Å². The van der Waals surface area contributed by atoms with E-state index >= 15 is 0 Å². The van der Waals surface area contributed by atoms with Gasteiger partial charge in [-0.2, -0.15) is 0 Å². The molecule has 0 saturated carbocycles. The molecule has 0 saturated heterocycles. The summed E-state index contributed by atoms with van der Waals surface area (Å²) in [5.74, 6) is -0.0598. The van der Waals surface area contributed by atoms with Gasteiger partial charge in [0, 0.05) is 11.8 Å². The van der Waals surface area contributed by atoms with Gasteiger partial charge in [-0.25, -0.2) is 9.97 Å². The number of benzene rings is 1. The van der Waals surface area contributed by atoms with Gasteiger partial charge >= 0.3 is 0 Å². The van der Waals surface area contributed by atoms with Crippen molar-refractivity contribution in [2.75, 3.05) is 5.73 Å². The molecular formula is C15H12N4O2. The number of carbonyl (C=O) groups is 1. The molecule has 0 aliphatic heterocycles. The quantitative estimate of drug-likeness (QED) is 0.763.